The van der Waals surface area contributed by atoms with E-state index in [-0.39, 0.29) is 18.0 Å². The van der Waals surface area contributed by atoms with Gasteiger partial charge in [-0.2, -0.15) is 0 Å². The molecule has 1 aliphatic carbocycles. The van der Waals surface area contributed by atoms with E-state index in [4.69, 9.17) is 9.47 Å². The van der Waals surface area contributed by atoms with Crippen molar-refractivity contribution < 1.29 is 9.47 Å². The van der Waals surface area contributed by atoms with E-state index in [1.807, 2.05) is 0 Å². The van der Waals surface area contributed by atoms with E-state index < -0.39 is 0 Å². The van der Waals surface area contributed by atoms with Gasteiger partial charge in [-0.15, -0.1) is 0 Å². The van der Waals surface area contributed by atoms with Crippen LogP contribution in [0.25, 0.3) is 0 Å². The third-order valence-corrected chi connectivity index (χ3v) is 2.82. The third-order valence-electron chi connectivity index (χ3n) is 2.82. The van der Waals surface area contributed by atoms with Gasteiger partial charge in [0, 0.05) is 5.92 Å². The molecule has 2 nitrogen and oxygen atoms in total. The Morgan fingerprint density at radius 2 is 1.55 bits per heavy atom. The van der Waals surface area contributed by atoms with Gasteiger partial charge in [0.05, 0.1) is 12.2 Å². The van der Waals surface area contributed by atoms with Crippen LogP contribution in [0, 0.1) is 5.92 Å². The first-order valence-corrected chi connectivity index (χ1v) is 4.47. The Hall–Kier alpha value is -0.0800. The van der Waals surface area contributed by atoms with Gasteiger partial charge in [0.25, 0.3) is 0 Å². The van der Waals surface area contributed by atoms with Gasteiger partial charge in [-0.3, -0.25) is 0 Å². The number of ether oxygens (including phenoxy) is 2. The summed E-state index contributed by atoms with van der Waals surface area (Å²) >= 11 is 0. The van der Waals surface area contributed by atoms with Gasteiger partial charge in [0.2, 0.25) is 0 Å². The molecule has 0 radical (unpaired) electrons. The van der Waals surface area contributed by atoms with E-state index in [0.717, 1.165) is 0 Å². The fraction of sp³-hybridized carbons (Fsp3) is 1.00. The second kappa shape index (κ2) is 2.20. The summed E-state index contributed by atoms with van der Waals surface area (Å²) in [4.78, 5) is 0. The highest BCUT2D eigenvalue weighted by molar-refractivity contribution is 4.91. The van der Waals surface area contributed by atoms with Crippen LogP contribution in [0.2, 0.25) is 0 Å². The maximum absolute atomic E-state index is 5.76. The van der Waals surface area contributed by atoms with Crippen LogP contribution >= 0.6 is 0 Å². The smallest absolute Gasteiger partial charge is 0.169 e. The quantitative estimate of drug-likeness (QED) is 0.577. The van der Waals surface area contributed by atoms with Crippen molar-refractivity contribution in [2.75, 3.05) is 0 Å². The molecule has 0 amide bonds. The SMILES string of the molecule is C[C@H]1OC(C)(C2CC2)O[C@@H]1C. The van der Waals surface area contributed by atoms with Crippen LogP contribution in [-0.4, -0.2) is 18.0 Å². The number of rotatable bonds is 1. The van der Waals surface area contributed by atoms with Crippen molar-refractivity contribution in [1.29, 1.82) is 0 Å². The first-order chi connectivity index (χ1) is 5.12. The van der Waals surface area contributed by atoms with Crippen LogP contribution in [0.4, 0.5) is 0 Å². The lowest BCUT2D eigenvalue weighted by Gasteiger charge is -2.22. The van der Waals surface area contributed by atoms with E-state index in [9.17, 15) is 0 Å². The minimum absolute atomic E-state index is 0.251. The summed E-state index contributed by atoms with van der Waals surface area (Å²) in [5.41, 5.74) is 0. The van der Waals surface area contributed by atoms with Gasteiger partial charge in [0.1, 0.15) is 0 Å². The van der Waals surface area contributed by atoms with Gasteiger partial charge >= 0.3 is 0 Å². The minimum atomic E-state index is -0.251. The fourth-order valence-corrected chi connectivity index (χ4v) is 1.76. The van der Waals surface area contributed by atoms with Crippen LogP contribution in [0.15, 0.2) is 0 Å². The molecule has 2 heteroatoms. The Morgan fingerprint density at radius 3 is 1.91 bits per heavy atom. The summed E-state index contributed by atoms with van der Waals surface area (Å²) in [5.74, 6) is 0.411. The summed E-state index contributed by atoms with van der Waals surface area (Å²) in [6.07, 6.45) is 3.08. The van der Waals surface area contributed by atoms with Crippen molar-refractivity contribution in [3.8, 4) is 0 Å². The van der Waals surface area contributed by atoms with Crippen LogP contribution in [0.5, 0.6) is 0 Å². The molecule has 2 aliphatic rings. The zero-order chi connectivity index (χ0) is 8.06. The molecular weight excluding hydrogens is 140 g/mol. The Morgan fingerprint density at radius 1 is 1.09 bits per heavy atom. The van der Waals surface area contributed by atoms with Gasteiger partial charge < -0.3 is 9.47 Å². The second-order valence-corrected chi connectivity index (χ2v) is 3.94. The average molecular weight is 156 g/mol. The molecule has 1 heterocycles. The molecule has 1 saturated carbocycles. The van der Waals surface area contributed by atoms with Gasteiger partial charge in [-0.05, 0) is 33.6 Å². The van der Waals surface area contributed by atoms with Crippen LogP contribution in [0.3, 0.4) is 0 Å². The predicted octanol–water partition coefficient (Wildman–Crippen LogP) is 1.94. The molecule has 0 N–H and O–H groups in total. The maximum Gasteiger partial charge on any atom is 0.169 e. The Labute approximate surface area is 67.9 Å². The van der Waals surface area contributed by atoms with Crippen molar-refractivity contribution in [3.63, 3.8) is 0 Å². The van der Waals surface area contributed by atoms with Gasteiger partial charge in [0.15, 0.2) is 5.79 Å². The fourth-order valence-electron chi connectivity index (χ4n) is 1.76. The summed E-state index contributed by atoms with van der Waals surface area (Å²) in [5, 5.41) is 0. The van der Waals surface area contributed by atoms with Crippen LogP contribution in [0.1, 0.15) is 33.6 Å². The van der Waals surface area contributed by atoms with E-state index in [1.54, 1.807) is 0 Å². The number of hydrogen-bond acceptors (Lipinski definition) is 2. The van der Waals surface area contributed by atoms with E-state index >= 15 is 0 Å². The third kappa shape index (κ3) is 1.18. The standard InChI is InChI=1S/C9H16O2/c1-6-7(2)11-9(3,10-6)8-4-5-8/h6-8H,4-5H2,1-3H3/t6-,7-/m1/s1. The predicted molar refractivity (Wildman–Crippen MR) is 42.2 cm³/mol. The molecule has 1 aliphatic heterocycles. The lowest BCUT2D eigenvalue weighted by Crippen LogP contribution is -2.29. The first kappa shape index (κ1) is 7.56. The van der Waals surface area contributed by atoms with Crippen molar-refractivity contribution in [2.24, 2.45) is 5.92 Å². The molecule has 1 saturated heterocycles. The van der Waals surface area contributed by atoms with Crippen molar-refractivity contribution in [1.82, 2.24) is 0 Å². The van der Waals surface area contributed by atoms with Crippen LogP contribution < -0.4 is 0 Å². The maximum atomic E-state index is 5.76. The monoisotopic (exact) mass is 156 g/mol. The molecule has 0 bridgehead atoms. The summed E-state index contributed by atoms with van der Waals surface area (Å²) in [6, 6.07) is 0. The molecule has 0 spiro atoms. The zero-order valence-electron chi connectivity index (χ0n) is 7.46. The highest BCUT2D eigenvalue weighted by atomic mass is 16.8. The topological polar surface area (TPSA) is 18.5 Å². The zero-order valence-corrected chi connectivity index (χ0v) is 7.46. The van der Waals surface area contributed by atoms with E-state index in [0.29, 0.717) is 5.92 Å². The Kier molecular flexibility index (Phi) is 1.52. The lowest BCUT2D eigenvalue weighted by molar-refractivity contribution is -0.173. The van der Waals surface area contributed by atoms with Crippen molar-refractivity contribution in [3.05, 3.63) is 0 Å². The Balaban J connectivity index is 2.05. The molecule has 0 unspecified atom stereocenters. The van der Waals surface area contributed by atoms with E-state index in [1.165, 1.54) is 12.8 Å². The molecule has 2 fully saturated rings. The summed E-state index contributed by atoms with van der Waals surface area (Å²) in [7, 11) is 0. The second-order valence-electron chi connectivity index (χ2n) is 3.94. The molecule has 2 atom stereocenters. The molecule has 2 rings (SSSR count). The molecule has 0 aromatic carbocycles. The van der Waals surface area contributed by atoms with Crippen molar-refractivity contribution in [2.45, 2.75) is 51.6 Å². The lowest BCUT2D eigenvalue weighted by atomic mass is 10.2. The summed E-state index contributed by atoms with van der Waals surface area (Å²) < 4.78 is 11.5. The van der Waals surface area contributed by atoms with E-state index in [2.05, 4.69) is 20.8 Å². The summed E-state index contributed by atoms with van der Waals surface area (Å²) in [6.45, 7) is 6.24. The van der Waals surface area contributed by atoms with Gasteiger partial charge in [-0.1, -0.05) is 0 Å². The average Bonchev–Trinajstić information content (AvgIpc) is 2.64. The van der Waals surface area contributed by atoms with Crippen LogP contribution in [-0.2, 0) is 9.47 Å². The number of hydrogen-bond donors (Lipinski definition) is 0. The highest BCUT2D eigenvalue weighted by Crippen LogP contribution is 2.46. The molecule has 64 valence electrons. The van der Waals surface area contributed by atoms with Gasteiger partial charge in [-0.25, -0.2) is 0 Å². The van der Waals surface area contributed by atoms with Crippen molar-refractivity contribution >= 4 is 0 Å². The highest BCUT2D eigenvalue weighted by Gasteiger charge is 2.50. The molecular formula is C9H16O2. The normalized spacial score (nSPS) is 42.8. The largest absolute Gasteiger partial charge is 0.344 e. The first-order valence-electron chi connectivity index (χ1n) is 4.47. The molecule has 0 aromatic rings. The Bertz CT molecular complexity index is 153. The molecule has 11 heavy (non-hydrogen) atoms. The molecule has 0 aromatic heterocycles. The minimum Gasteiger partial charge on any atom is -0.344 e.